The number of ether oxygens (including phenoxy) is 1. The molecule has 0 aliphatic carbocycles. The number of anilines is 1. The van der Waals surface area contributed by atoms with Crippen molar-refractivity contribution in [3.8, 4) is 34.2 Å². The van der Waals surface area contributed by atoms with E-state index < -0.39 is 0 Å². The Bertz CT molecular complexity index is 1230. The van der Waals surface area contributed by atoms with E-state index in [0.717, 1.165) is 22.2 Å². The average molecular weight is 387 g/mol. The van der Waals surface area contributed by atoms with Gasteiger partial charge in [-0.15, -0.1) is 0 Å². The normalized spacial score (nSPS) is 10.6. The molecule has 4 aromatic rings. The summed E-state index contributed by atoms with van der Waals surface area (Å²) < 4.78 is 5.20. The first-order valence-electron chi connectivity index (χ1n) is 8.51. The second-order valence-electron chi connectivity index (χ2n) is 6.18. The molecule has 0 unspecified atom stereocenters. The number of nitrogens with zero attached hydrogens (tertiary/aromatic N) is 3. The molecular formula is C22H15ClN4O. The molecule has 5 nitrogen and oxygen atoms in total. The maximum atomic E-state index is 9.64. The number of aromatic nitrogens is 2. The Labute approximate surface area is 167 Å². The molecule has 0 amide bonds. The van der Waals surface area contributed by atoms with E-state index in [1.54, 1.807) is 7.11 Å². The number of nitrogen functional groups attached to an aromatic ring is 1. The Kier molecular flexibility index (Phi) is 4.56. The molecule has 6 heteroatoms. The predicted molar refractivity (Wildman–Crippen MR) is 111 cm³/mol. The van der Waals surface area contributed by atoms with Gasteiger partial charge in [-0.3, -0.25) is 0 Å². The molecule has 0 radical (unpaired) electrons. The summed E-state index contributed by atoms with van der Waals surface area (Å²) in [5.41, 5.74) is 9.89. The van der Waals surface area contributed by atoms with E-state index in [1.165, 1.54) is 0 Å². The number of halogens is 1. The molecule has 0 aliphatic heterocycles. The summed E-state index contributed by atoms with van der Waals surface area (Å²) >= 11 is 6.46. The Morgan fingerprint density at radius 2 is 1.75 bits per heavy atom. The summed E-state index contributed by atoms with van der Waals surface area (Å²) in [6, 6.07) is 21.0. The fourth-order valence-electron chi connectivity index (χ4n) is 3.09. The van der Waals surface area contributed by atoms with Gasteiger partial charge in [-0.1, -0.05) is 29.8 Å². The van der Waals surface area contributed by atoms with Crippen LogP contribution in [0.15, 0.2) is 60.7 Å². The van der Waals surface area contributed by atoms with Crippen molar-refractivity contribution in [1.82, 2.24) is 9.97 Å². The number of fused-ring (bicyclic) bond motifs is 1. The lowest BCUT2D eigenvalue weighted by atomic mass is 9.98. The van der Waals surface area contributed by atoms with Crippen molar-refractivity contribution in [1.29, 1.82) is 5.26 Å². The third kappa shape index (κ3) is 3.11. The van der Waals surface area contributed by atoms with Gasteiger partial charge < -0.3 is 10.5 Å². The number of hydrogen-bond acceptors (Lipinski definition) is 5. The van der Waals surface area contributed by atoms with Gasteiger partial charge in [0.25, 0.3) is 0 Å². The lowest BCUT2D eigenvalue weighted by Crippen LogP contribution is -2.00. The SMILES string of the molecule is COc1ccc(-c2cc(-c3cc4ccccc4nc3Cl)c(C#N)c(N)n2)cc1. The molecule has 136 valence electrons. The Morgan fingerprint density at radius 1 is 1.00 bits per heavy atom. The Morgan fingerprint density at radius 3 is 2.46 bits per heavy atom. The minimum atomic E-state index is 0.148. The Balaban J connectivity index is 1.94. The van der Waals surface area contributed by atoms with Gasteiger partial charge in [-0.2, -0.15) is 5.26 Å². The monoisotopic (exact) mass is 386 g/mol. The maximum absolute atomic E-state index is 9.64. The van der Waals surface area contributed by atoms with Crippen LogP contribution < -0.4 is 10.5 Å². The molecule has 0 atom stereocenters. The van der Waals surface area contributed by atoms with E-state index in [2.05, 4.69) is 16.0 Å². The van der Waals surface area contributed by atoms with Crippen LogP contribution in [0.2, 0.25) is 5.15 Å². The van der Waals surface area contributed by atoms with E-state index in [4.69, 9.17) is 22.1 Å². The number of rotatable bonds is 3. The summed E-state index contributed by atoms with van der Waals surface area (Å²) in [6.45, 7) is 0. The van der Waals surface area contributed by atoms with Crippen LogP contribution in [-0.2, 0) is 0 Å². The van der Waals surface area contributed by atoms with Crippen LogP contribution in [0.25, 0.3) is 33.3 Å². The lowest BCUT2D eigenvalue weighted by molar-refractivity contribution is 0.415. The molecule has 2 aromatic carbocycles. The van der Waals surface area contributed by atoms with Gasteiger partial charge in [0.2, 0.25) is 0 Å². The highest BCUT2D eigenvalue weighted by Gasteiger charge is 2.17. The van der Waals surface area contributed by atoms with Crippen molar-refractivity contribution >= 4 is 28.3 Å². The van der Waals surface area contributed by atoms with Crippen LogP contribution in [0.1, 0.15) is 5.56 Å². The smallest absolute Gasteiger partial charge is 0.142 e. The van der Waals surface area contributed by atoms with Crippen LogP contribution in [0, 0.1) is 11.3 Å². The average Bonchev–Trinajstić information content (AvgIpc) is 2.72. The summed E-state index contributed by atoms with van der Waals surface area (Å²) in [4.78, 5) is 8.86. The first-order valence-corrected chi connectivity index (χ1v) is 8.89. The number of nitriles is 1. The number of pyridine rings is 2. The second-order valence-corrected chi connectivity index (χ2v) is 6.53. The standard InChI is InChI=1S/C22H15ClN4O/c1-28-15-8-6-13(7-9-15)20-11-16(18(12-24)22(25)27-20)17-10-14-4-2-3-5-19(14)26-21(17)23/h2-11H,1H3,(H2,25,27). The van der Waals surface area contributed by atoms with Crippen molar-refractivity contribution in [2.45, 2.75) is 0 Å². The minimum Gasteiger partial charge on any atom is -0.497 e. The lowest BCUT2D eigenvalue weighted by Gasteiger charge is -2.12. The quantitative estimate of drug-likeness (QED) is 0.496. The highest BCUT2D eigenvalue weighted by atomic mass is 35.5. The molecule has 28 heavy (non-hydrogen) atoms. The summed E-state index contributed by atoms with van der Waals surface area (Å²) in [7, 11) is 1.61. The molecule has 0 spiro atoms. The summed E-state index contributed by atoms with van der Waals surface area (Å²) in [6.07, 6.45) is 0. The highest BCUT2D eigenvalue weighted by Crippen LogP contribution is 2.36. The van der Waals surface area contributed by atoms with Crippen LogP contribution in [-0.4, -0.2) is 17.1 Å². The first-order chi connectivity index (χ1) is 13.6. The molecule has 2 N–H and O–H groups in total. The van der Waals surface area contributed by atoms with Crippen molar-refractivity contribution in [2.24, 2.45) is 0 Å². The molecule has 2 aromatic heterocycles. The molecule has 0 bridgehead atoms. The van der Waals surface area contributed by atoms with Crippen molar-refractivity contribution in [3.05, 3.63) is 71.4 Å². The number of benzene rings is 2. The molecule has 0 fully saturated rings. The first kappa shape index (κ1) is 17.8. The van der Waals surface area contributed by atoms with E-state index >= 15 is 0 Å². The molecule has 2 heterocycles. The van der Waals surface area contributed by atoms with Gasteiger partial charge in [0.15, 0.2) is 0 Å². The van der Waals surface area contributed by atoms with E-state index in [1.807, 2.05) is 60.7 Å². The zero-order valence-electron chi connectivity index (χ0n) is 15.0. The van der Waals surface area contributed by atoms with Gasteiger partial charge >= 0.3 is 0 Å². The summed E-state index contributed by atoms with van der Waals surface area (Å²) in [5.74, 6) is 0.891. The number of para-hydroxylation sites is 1. The van der Waals surface area contributed by atoms with Gasteiger partial charge in [-0.25, -0.2) is 9.97 Å². The minimum absolute atomic E-state index is 0.148. The third-order valence-corrected chi connectivity index (χ3v) is 4.80. The summed E-state index contributed by atoms with van der Waals surface area (Å²) in [5, 5.41) is 10.9. The van der Waals surface area contributed by atoms with Crippen LogP contribution in [0.3, 0.4) is 0 Å². The van der Waals surface area contributed by atoms with Crippen LogP contribution >= 0.6 is 11.6 Å². The van der Waals surface area contributed by atoms with Crippen molar-refractivity contribution in [2.75, 3.05) is 12.8 Å². The number of hydrogen-bond donors (Lipinski definition) is 1. The van der Waals surface area contributed by atoms with Crippen LogP contribution in [0.4, 0.5) is 5.82 Å². The van der Waals surface area contributed by atoms with Crippen molar-refractivity contribution in [3.63, 3.8) is 0 Å². The topological polar surface area (TPSA) is 84.8 Å². The zero-order chi connectivity index (χ0) is 19.7. The third-order valence-electron chi connectivity index (χ3n) is 4.51. The van der Waals surface area contributed by atoms with Crippen molar-refractivity contribution < 1.29 is 4.74 Å². The predicted octanol–water partition coefficient (Wildman–Crippen LogP) is 5.08. The maximum Gasteiger partial charge on any atom is 0.142 e. The second kappa shape index (κ2) is 7.18. The van der Waals surface area contributed by atoms with E-state index in [9.17, 15) is 5.26 Å². The van der Waals surface area contributed by atoms with Gasteiger partial charge in [0.1, 0.15) is 28.4 Å². The highest BCUT2D eigenvalue weighted by molar-refractivity contribution is 6.32. The molecule has 0 saturated heterocycles. The fourth-order valence-corrected chi connectivity index (χ4v) is 3.33. The fraction of sp³-hybridized carbons (Fsp3) is 0.0455. The van der Waals surface area contributed by atoms with E-state index in [-0.39, 0.29) is 11.4 Å². The van der Waals surface area contributed by atoms with Gasteiger partial charge in [0, 0.05) is 22.1 Å². The van der Waals surface area contributed by atoms with Crippen LogP contribution in [0.5, 0.6) is 5.75 Å². The zero-order valence-corrected chi connectivity index (χ0v) is 15.7. The number of nitrogens with two attached hydrogens (primary N) is 1. The molecule has 0 aliphatic rings. The molecular weight excluding hydrogens is 372 g/mol. The molecule has 0 saturated carbocycles. The van der Waals surface area contributed by atoms with Gasteiger partial charge in [0.05, 0.1) is 18.3 Å². The van der Waals surface area contributed by atoms with Gasteiger partial charge in [-0.05, 0) is 42.5 Å². The number of methoxy groups -OCH3 is 1. The molecule has 4 rings (SSSR count). The Hall–Kier alpha value is -3.62. The van der Waals surface area contributed by atoms with E-state index in [0.29, 0.717) is 22.0 Å². The largest absolute Gasteiger partial charge is 0.497 e.